The molecule has 1 amide bonds. The molecule has 1 heterocycles. The van der Waals surface area contributed by atoms with Gasteiger partial charge in [0.1, 0.15) is 30.3 Å². The number of hydrogen-bond acceptors (Lipinski definition) is 7. The van der Waals surface area contributed by atoms with E-state index in [1.165, 1.54) is 26.2 Å². The molecule has 0 bridgehead atoms. The molecule has 8 nitrogen and oxygen atoms in total. The van der Waals surface area contributed by atoms with E-state index in [9.17, 15) is 14.7 Å². The zero-order chi connectivity index (χ0) is 24.0. The quantitative estimate of drug-likeness (QED) is 0.511. The molecular formula is C23H26Cl2N2O6. The first kappa shape index (κ1) is 25.1. The summed E-state index contributed by atoms with van der Waals surface area (Å²) < 4.78 is 16.4. The van der Waals surface area contributed by atoms with E-state index in [4.69, 9.17) is 37.4 Å². The molecular weight excluding hydrogens is 471 g/mol. The zero-order valence-corrected chi connectivity index (χ0v) is 19.9. The van der Waals surface area contributed by atoms with Crippen LogP contribution in [0.3, 0.4) is 0 Å². The molecule has 2 aromatic carbocycles. The highest BCUT2D eigenvalue weighted by Gasteiger charge is 2.26. The summed E-state index contributed by atoms with van der Waals surface area (Å²) in [5.74, 6) is 0.113. The van der Waals surface area contributed by atoms with E-state index < -0.39 is 12.1 Å². The Morgan fingerprint density at radius 2 is 2.00 bits per heavy atom. The highest BCUT2D eigenvalue weighted by Crippen LogP contribution is 2.29. The number of aliphatic hydroxyl groups excluding tert-OH is 1. The van der Waals surface area contributed by atoms with Gasteiger partial charge in [-0.05, 0) is 36.8 Å². The maximum Gasteiger partial charge on any atom is 0.337 e. The van der Waals surface area contributed by atoms with Gasteiger partial charge < -0.3 is 24.6 Å². The maximum absolute atomic E-state index is 11.8. The molecule has 1 saturated heterocycles. The summed E-state index contributed by atoms with van der Waals surface area (Å²) in [6, 6.07) is 9.71. The van der Waals surface area contributed by atoms with Crippen molar-refractivity contribution < 1.29 is 28.9 Å². The minimum Gasteiger partial charge on any atom is -0.489 e. The van der Waals surface area contributed by atoms with Crippen LogP contribution in [0.4, 0.5) is 5.69 Å². The van der Waals surface area contributed by atoms with Crippen LogP contribution in [0.1, 0.15) is 23.7 Å². The Morgan fingerprint density at radius 3 is 2.70 bits per heavy atom. The van der Waals surface area contributed by atoms with Crippen molar-refractivity contribution in [2.45, 2.75) is 25.6 Å². The second kappa shape index (κ2) is 11.6. The molecule has 2 unspecified atom stereocenters. The number of ether oxygens (including phenoxy) is 3. The molecule has 33 heavy (non-hydrogen) atoms. The van der Waals surface area contributed by atoms with E-state index in [1.54, 1.807) is 24.3 Å². The lowest BCUT2D eigenvalue weighted by atomic mass is 10.2. The molecule has 2 N–H and O–H groups in total. The van der Waals surface area contributed by atoms with Gasteiger partial charge >= 0.3 is 5.97 Å². The molecule has 3 rings (SSSR count). The number of likely N-dealkylation sites (tertiary alicyclic amines) is 1. The number of β-amino-alcohol motifs (C(OH)–C–C–N with tert-alkyl or cyclic N) is 1. The molecule has 0 aliphatic carbocycles. The van der Waals surface area contributed by atoms with Crippen LogP contribution in [0.5, 0.6) is 11.5 Å². The second-order valence-corrected chi connectivity index (χ2v) is 8.53. The number of nitrogens with zero attached hydrogens (tertiary/aromatic N) is 1. The third kappa shape index (κ3) is 7.23. The van der Waals surface area contributed by atoms with E-state index in [2.05, 4.69) is 10.2 Å². The van der Waals surface area contributed by atoms with Crippen molar-refractivity contribution in [1.29, 1.82) is 0 Å². The number of rotatable bonds is 9. The van der Waals surface area contributed by atoms with Crippen LogP contribution in [-0.2, 0) is 9.53 Å². The molecule has 178 valence electrons. The predicted molar refractivity (Wildman–Crippen MR) is 126 cm³/mol. The SMILES string of the molecule is COC(=O)c1ccc(NC(C)=O)c(OCC(O)CN2CCC(Oc3ccc(Cl)c(Cl)c3)C2)c1. The van der Waals surface area contributed by atoms with Crippen LogP contribution < -0.4 is 14.8 Å². The first-order chi connectivity index (χ1) is 15.7. The molecule has 1 aliphatic heterocycles. The Morgan fingerprint density at radius 1 is 1.21 bits per heavy atom. The van der Waals surface area contributed by atoms with E-state index in [-0.39, 0.29) is 29.9 Å². The van der Waals surface area contributed by atoms with Crippen LogP contribution in [0, 0.1) is 0 Å². The number of carbonyl (C=O) groups excluding carboxylic acids is 2. The number of aliphatic hydroxyl groups is 1. The summed E-state index contributed by atoms with van der Waals surface area (Å²) in [4.78, 5) is 25.4. The number of nitrogens with one attached hydrogen (secondary N) is 1. The van der Waals surface area contributed by atoms with E-state index in [0.717, 1.165) is 13.0 Å². The lowest BCUT2D eigenvalue weighted by molar-refractivity contribution is -0.114. The maximum atomic E-state index is 11.8. The van der Waals surface area contributed by atoms with E-state index in [0.29, 0.717) is 34.6 Å². The monoisotopic (exact) mass is 496 g/mol. The number of amides is 1. The van der Waals surface area contributed by atoms with Crippen LogP contribution >= 0.6 is 23.2 Å². The smallest absolute Gasteiger partial charge is 0.337 e. The van der Waals surface area contributed by atoms with E-state index >= 15 is 0 Å². The zero-order valence-electron chi connectivity index (χ0n) is 18.3. The average Bonchev–Trinajstić information content (AvgIpc) is 3.21. The predicted octanol–water partition coefficient (Wildman–Crippen LogP) is 3.63. The molecule has 0 spiro atoms. The summed E-state index contributed by atoms with van der Waals surface area (Å²) in [5.41, 5.74) is 0.677. The Bertz CT molecular complexity index is 1000. The second-order valence-electron chi connectivity index (χ2n) is 7.71. The number of hydrogen-bond donors (Lipinski definition) is 2. The molecule has 0 saturated carbocycles. The van der Waals surface area contributed by atoms with Crippen molar-refractivity contribution in [1.82, 2.24) is 4.90 Å². The Hall–Kier alpha value is -2.52. The summed E-state index contributed by atoms with van der Waals surface area (Å²) >= 11 is 12.0. The average molecular weight is 497 g/mol. The van der Waals surface area contributed by atoms with E-state index in [1.807, 2.05) is 0 Å². The number of benzene rings is 2. The fourth-order valence-electron chi connectivity index (χ4n) is 3.52. The number of anilines is 1. The first-order valence-electron chi connectivity index (χ1n) is 10.4. The van der Waals surface area contributed by atoms with Gasteiger partial charge in [0, 0.05) is 32.6 Å². The molecule has 2 aromatic rings. The summed E-state index contributed by atoms with van der Waals surface area (Å²) in [7, 11) is 1.28. The van der Waals surface area contributed by atoms with Crippen LogP contribution in [0.25, 0.3) is 0 Å². The highest BCUT2D eigenvalue weighted by molar-refractivity contribution is 6.42. The topological polar surface area (TPSA) is 97.3 Å². The third-order valence-electron chi connectivity index (χ3n) is 5.04. The lowest BCUT2D eigenvalue weighted by Crippen LogP contribution is -2.35. The van der Waals surface area contributed by atoms with Crippen LogP contribution in [-0.4, -0.2) is 67.4 Å². The number of esters is 1. The van der Waals surface area contributed by atoms with Crippen molar-refractivity contribution >= 4 is 40.8 Å². The molecule has 0 aromatic heterocycles. The van der Waals surface area contributed by atoms with Gasteiger partial charge in [-0.25, -0.2) is 4.79 Å². The molecule has 10 heteroatoms. The summed E-state index contributed by atoms with van der Waals surface area (Å²) in [6.07, 6.45) is -0.0130. The van der Waals surface area contributed by atoms with Gasteiger partial charge in [0.05, 0.1) is 28.4 Å². The van der Waals surface area contributed by atoms with Crippen molar-refractivity contribution in [3.8, 4) is 11.5 Å². The Balaban J connectivity index is 1.53. The number of carbonyl (C=O) groups is 2. The Labute approximate surface area is 202 Å². The lowest BCUT2D eigenvalue weighted by Gasteiger charge is -2.21. The van der Waals surface area contributed by atoms with Gasteiger partial charge in [0.15, 0.2) is 0 Å². The standard InChI is InChI=1S/C23H26Cl2N2O6/c1-14(28)26-21-6-3-15(23(30)31-2)9-22(21)32-13-16(29)11-27-8-7-18(12-27)33-17-4-5-19(24)20(25)10-17/h3-6,9-10,16,18,29H,7-8,11-13H2,1-2H3,(H,26,28). The minimum atomic E-state index is -0.791. The molecule has 1 fully saturated rings. The van der Waals surface area contributed by atoms with Gasteiger partial charge in [-0.1, -0.05) is 23.2 Å². The van der Waals surface area contributed by atoms with Crippen molar-refractivity contribution in [2.75, 3.05) is 38.7 Å². The van der Waals surface area contributed by atoms with Gasteiger partial charge in [0.25, 0.3) is 0 Å². The first-order valence-corrected chi connectivity index (χ1v) is 11.2. The van der Waals surface area contributed by atoms with Gasteiger partial charge in [-0.3, -0.25) is 9.69 Å². The summed E-state index contributed by atoms with van der Waals surface area (Å²) in [6.45, 7) is 3.14. The molecule has 0 radical (unpaired) electrons. The molecule has 2 atom stereocenters. The van der Waals surface area contributed by atoms with Crippen molar-refractivity contribution in [3.63, 3.8) is 0 Å². The van der Waals surface area contributed by atoms with Gasteiger partial charge in [0.2, 0.25) is 5.91 Å². The number of methoxy groups -OCH3 is 1. The normalized spacial score (nSPS) is 16.8. The van der Waals surface area contributed by atoms with Gasteiger partial charge in [-0.15, -0.1) is 0 Å². The molecule has 1 aliphatic rings. The Kier molecular flexibility index (Phi) is 8.80. The van der Waals surface area contributed by atoms with Crippen LogP contribution in [0.2, 0.25) is 10.0 Å². The fourth-order valence-corrected chi connectivity index (χ4v) is 3.81. The van der Waals surface area contributed by atoms with Crippen molar-refractivity contribution in [2.24, 2.45) is 0 Å². The van der Waals surface area contributed by atoms with Gasteiger partial charge in [-0.2, -0.15) is 0 Å². The van der Waals surface area contributed by atoms with Crippen LogP contribution in [0.15, 0.2) is 36.4 Å². The highest BCUT2D eigenvalue weighted by atomic mass is 35.5. The fraction of sp³-hybridized carbons (Fsp3) is 0.391. The minimum absolute atomic E-state index is 0.0218. The largest absolute Gasteiger partial charge is 0.489 e. The third-order valence-corrected chi connectivity index (χ3v) is 5.78. The van der Waals surface area contributed by atoms with Crippen molar-refractivity contribution in [3.05, 3.63) is 52.0 Å². The number of halogens is 2. The summed E-state index contributed by atoms with van der Waals surface area (Å²) in [5, 5.41) is 14.0.